The number of ether oxygens (including phenoxy) is 1. The van der Waals surface area contributed by atoms with E-state index in [1.807, 2.05) is 43.5 Å². The molecule has 7 heteroatoms. The van der Waals surface area contributed by atoms with Gasteiger partial charge in [-0.3, -0.25) is 4.99 Å². The normalized spacial score (nSPS) is 15.8. The fourth-order valence-corrected chi connectivity index (χ4v) is 3.07. The SMILES string of the molecule is C=Nc1ccc(-c2ccn3nc(NCC4(F)COC4)ncc23)cc1/C=C\C. The van der Waals surface area contributed by atoms with Crippen LogP contribution in [0.2, 0.25) is 0 Å². The minimum atomic E-state index is -1.33. The molecular formula is C20H20FN5O. The molecule has 1 aliphatic rings. The lowest BCUT2D eigenvalue weighted by Crippen LogP contribution is -2.50. The van der Waals surface area contributed by atoms with E-state index < -0.39 is 5.67 Å². The van der Waals surface area contributed by atoms with Crippen LogP contribution in [-0.2, 0) is 4.74 Å². The van der Waals surface area contributed by atoms with Crippen molar-refractivity contribution in [3.63, 3.8) is 0 Å². The second-order valence-corrected chi connectivity index (χ2v) is 6.57. The number of nitrogens with one attached hydrogen (secondary N) is 1. The molecule has 0 bridgehead atoms. The van der Waals surface area contributed by atoms with Crippen molar-refractivity contribution >= 4 is 29.9 Å². The number of alkyl halides is 1. The summed E-state index contributed by atoms with van der Waals surface area (Å²) in [6, 6.07) is 8.00. The van der Waals surface area contributed by atoms with Gasteiger partial charge in [-0.2, -0.15) is 0 Å². The van der Waals surface area contributed by atoms with Crippen LogP contribution in [-0.4, -0.2) is 46.7 Å². The highest BCUT2D eigenvalue weighted by atomic mass is 19.1. The van der Waals surface area contributed by atoms with Gasteiger partial charge in [0.2, 0.25) is 5.95 Å². The molecule has 3 aromatic rings. The quantitative estimate of drug-likeness (QED) is 0.673. The van der Waals surface area contributed by atoms with E-state index in [4.69, 9.17) is 4.74 Å². The number of rotatable bonds is 6. The second-order valence-electron chi connectivity index (χ2n) is 6.57. The number of anilines is 1. The molecule has 1 N–H and O–H groups in total. The van der Waals surface area contributed by atoms with Crippen LogP contribution >= 0.6 is 0 Å². The third kappa shape index (κ3) is 3.33. The Balaban J connectivity index is 1.63. The van der Waals surface area contributed by atoms with E-state index in [1.165, 1.54) is 0 Å². The third-order valence-electron chi connectivity index (χ3n) is 4.56. The lowest BCUT2D eigenvalue weighted by atomic mass is 10.0. The first-order valence-electron chi connectivity index (χ1n) is 8.71. The molecule has 0 atom stereocenters. The maximum absolute atomic E-state index is 14.0. The fraction of sp³-hybridized carbons (Fsp3) is 0.250. The summed E-state index contributed by atoms with van der Waals surface area (Å²) in [6.07, 6.45) is 7.57. The Morgan fingerprint density at radius 3 is 2.96 bits per heavy atom. The summed E-state index contributed by atoms with van der Waals surface area (Å²) in [4.78, 5) is 8.38. The van der Waals surface area contributed by atoms with Crippen molar-refractivity contribution < 1.29 is 9.13 Å². The van der Waals surface area contributed by atoms with Crippen LogP contribution in [0.4, 0.5) is 16.0 Å². The van der Waals surface area contributed by atoms with Crippen LogP contribution < -0.4 is 5.32 Å². The number of halogens is 1. The molecule has 1 aliphatic heterocycles. The number of benzene rings is 1. The molecule has 0 spiro atoms. The van der Waals surface area contributed by atoms with Crippen molar-refractivity contribution in [3.8, 4) is 11.1 Å². The zero-order chi connectivity index (χ0) is 18.9. The van der Waals surface area contributed by atoms with E-state index in [9.17, 15) is 4.39 Å². The van der Waals surface area contributed by atoms with Gasteiger partial charge in [-0.15, -0.1) is 5.10 Å². The van der Waals surface area contributed by atoms with Crippen LogP contribution in [0.1, 0.15) is 12.5 Å². The minimum Gasteiger partial charge on any atom is -0.374 e. The number of nitrogens with zero attached hydrogens (tertiary/aromatic N) is 4. The van der Waals surface area contributed by atoms with Gasteiger partial charge < -0.3 is 10.1 Å². The van der Waals surface area contributed by atoms with Gasteiger partial charge in [0.25, 0.3) is 0 Å². The van der Waals surface area contributed by atoms with Crippen molar-refractivity contribution in [1.29, 1.82) is 0 Å². The average Bonchev–Trinajstić information content (AvgIpc) is 3.08. The molecule has 2 aromatic heterocycles. The van der Waals surface area contributed by atoms with Gasteiger partial charge in [-0.05, 0) is 37.4 Å². The molecule has 27 heavy (non-hydrogen) atoms. The number of hydrogen-bond donors (Lipinski definition) is 1. The standard InChI is InChI=1S/C20H20FN5O/c1-3-4-15-9-14(5-6-17(15)22-2)16-7-8-26-18(16)10-23-19(25-26)24-11-20(21)12-27-13-20/h3-10H,2,11-13H2,1H3,(H,24,25)/b4-3-. The van der Waals surface area contributed by atoms with Crippen molar-refractivity contribution in [2.75, 3.05) is 25.1 Å². The van der Waals surface area contributed by atoms with E-state index in [0.29, 0.717) is 5.95 Å². The summed E-state index contributed by atoms with van der Waals surface area (Å²) in [5.74, 6) is 0.384. The van der Waals surface area contributed by atoms with Crippen molar-refractivity contribution in [2.45, 2.75) is 12.6 Å². The number of fused-ring (bicyclic) bond motifs is 1. The molecule has 0 unspecified atom stereocenters. The molecular weight excluding hydrogens is 345 g/mol. The number of allylic oxidation sites excluding steroid dienone is 1. The number of hydrogen-bond acceptors (Lipinski definition) is 5. The van der Waals surface area contributed by atoms with Gasteiger partial charge in [-0.25, -0.2) is 13.9 Å². The fourth-order valence-electron chi connectivity index (χ4n) is 3.07. The molecule has 0 saturated carbocycles. The second kappa shape index (κ2) is 6.92. The van der Waals surface area contributed by atoms with Gasteiger partial charge in [0.05, 0.1) is 37.2 Å². The molecule has 1 fully saturated rings. The Kier molecular flexibility index (Phi) is 4.45. The van der Waals surface area contributed by atoms with Crippen LogP contribution in [0.3, 0.4) is 0 Å². The Bertz CT molecular complexity index is 1020. The van der Waals surface area contributed by atoms with Crippen LogP contribution in [0, 0.1) is 0 Å². The van der Waals surface area contributed by atoms with E-state index in [0.717, 1.165) is 27.9 Å². The summed E-state index contributed by atoms with van der Waals surface area (Å²) < 4.78 is 20.7. The smallest absolute Gasteiger partial charge is 0.241 e. The maximum Gasteiger partial charge on any atom is 0.241 e. The topological polar surface area (TPSA) is 63.8 Å². The van der Waals surface area contributed by atoms with E-state index in [1.54, 1.807) is 10.7 Å². The van der Waals surface area contributed by atoms with Gasteiger partial charge in [-0.1, -0.05) is 18.2 Å². The highest BCUT2D eigenvalue weighted by Crippen LogP contribution is 2.31. The summed E-state index contributed by atoms with van der Waals surface area (Å²) in [6.45, 7) is 5.94. The Morgan fingerprint density at radius 1 is 1.41 bits per heavy atom. The monoisotopic (exact) mass is 365 g/mol. The van der Waals surface area contributed by atoms with E-state index in [2.05, 4.69) is 33.2 Å². The third-order valence-corrected chi connectivity index (χ3v) is 4.56. The maximum atomic E-state index is 14.0. The van der Waals surface area contributed by atoms with Crippen molar-refractivity contribution in [2.24, 2.45) is 4.99 Å². The lowest BCUT2D eigenvalue weighted by Gasteiger charge is -2.33. The van der Waals surface area contributed by atoms with E-state index in [-0.39, 0.29) is 19.8 Å². The van der Waals surface area contributed by atoms with Crippen LogP contribution in [0.5, 0.6) is 0 Å². The van der Waals surface area contributed by atoms with Gasteiger partial charge in [0.1, 0.15) is 0 Å². The Morgan fingerprint density at radius 2 is 2.26 bits per heavy atom. The molecule has 3 heterocycles. The Labute approximate surface area is 156 Å². The summed E-state index contributed by atoms with van der Waals surface area (Å²) in [5.41, 5.74) is 3.43. The minimum absolute atomic E-state index is 0.111. The summed E-state index contributed by atoms with van der Waals surface area (Å²) in [7, 11) is 0. The van der Waals surface area contributed by atoms with Crippen molar-refractivity contribution in [3.05, 3.63) is 48.3 Å². The highest BCUT2D eigenvalue weighted by Gasteiger charge is 2.38. The average molecular weight is 365 g/mol. The lowest BCUT2D eigenvalue weighted by molar-refractivity contribution is -0.121. The summed E-state index contributed by atoms with van der Waals surface area (Å²) in [5, 5.41) is 7.36. The van der Waals surface area contributed by atoms with Gasteiger partial charge in [0, 0.05) is 17.3 Å². The first-order chi connectivity index (χ1) is 13.1. The Hall–Kier alpha value is -3.06. The highest BCUT2D eigenvalue weighted by molar-refractivity contribution is 5.83. The van der Waals surface area contributed by atoms with Gasteiger partial charge >= 0.3 is 0 Å². The van der Waals surface area contributed by atoms with E-state index >= 15 is 0 Å². The number of aliphatic imine (C=N–C) groups is 1. The molecule has 0 aliphatic carbocycles. The van der Waals surface area contributed by atoms with Gasteiger partial charge in [0.15, 0.2) is 5.67 Å². The molecule has 0 radical (unpaired) electrons. The number of aromatic nitrogens is 3. The zero-order valence-electron chi connectivity index (χ0n) is 15.0. The molecule has 6 nitrogen and oxygen atoms in total. The molecule has 4 rings (SSSR count). The molecule has 0 amide bonds. The van der Waals surface area contributed by atoms with Crippen molar-refractivity contribution in [1.82, 2.24) is 14.6 Å². The molecule has 1 aromatic carbocycles. The largest absolute Gasteiger partial charge is 0.374 e. The zero-order valence-corrected chi connectivity index (χ0v) is 15.0. The predicted octanol–water partition coefficient (Wildman–Crippen LogP) is 3.91. The summed E-state index contributed by atoms with van der Waals surface area (Å²) >= 11 is 0. The first kappa shape index (κ1) is 17.4. The molecule has 138 valence electrons. The van der Waals surface area contributed by atoms with Crippen LogP contribution in [0.15, 0.2) is 47.7 Å². The van der Waals surface area contributed by atoms with Crippen LogP contribution in [0.25, 0.3) is 22.7 Å². The first-order valence-corrected chi connectivity index (χ1v) is 8.71. The predicted molar refractivity (Wildman–Crippen MR) is 105 cm³/mol. The molecule has 1 saturated heterocycles.